The van der Waals surface area contributed by atoms with E-state index in [2.05, 4.69) is 20.9 Å². The Morgan fingerprint density at radius 3 is 2.36 bits per heavy atom. The molecule has 0 aliphatic carbocycles. The summed E-state index contributed by atoms with van der Waals surface area (Å²) in [5, 5.41) is 0. The van der Waals surface area contributed by atoms with Gasteiger partial charge in [0.1, 0.15) is 11.6 Å². The van der Waals surface area contributed by atoms with Crippen molar-refractivity contribution in [2.75, 3.05) is 12.8 Å². The van der Waals surface area contributed by atoms with Gasteiger partial charge < -0.3 is 10.5 Å². The van der Waals surface area contributed by atoms with Gasteiger partial charge in [0, 0.05) is 27.3 Å². The van der Waals surface area contributed by atoms with Crippen LogP contribution >= 0.6 is 15.9 Å². The van der Waals surface area contributed by atoms with Gasteiger partial charge in [0.05, 0.1) is 18.4 Å². The van der Waals surface area contributed by atoms with Crippen molar-refractivity contribution in [2.45, 2.75) is 26.3 Å². The number of nitrogens with two attached hydrogens (primary N) is 1. The van der Waals surface area contributed by atoms with Crippen LogP contribution < -0.4 is 10.5 Å². The van der Waals surface area contributed by atoms with Crippen LogP contribution in [0.25, 0.3) is 0 Å². The Morgan fingerprint density at radius 1 is 1.16 bits per heavy atom. The summed E-state index contributed by atoms with van der Waals surface area (Å²) in [5.41, 5.74) is 7.01. The molecule has 2 aromatic rings. The van der Waals surface area contributed by atoms with Gasteiger partial charge in [-0.2, -0.15) is 0 Å². The molecule has 0 saturated carbocycles. The lowest BCUT2D eigenvalue weighted by Gasteiger charge is -2.16. The Labute approximate surface area is 152 Å². The third kappa shape index (κ3) is 4.34. The van der Waals surface area contributed by atoms with E-state index < -0.39 is 17.8 Å². The van der Waals surface area contributed by atoms with Gasteiger partial charge in [-0.1, -0.05) is 15.9 Å². The van der Waals surface area contributed by atoms with Gasteiger partial charge in [-0.05, 0) is 44.2 Å². The van der Waals surface area contributed by atoms with E-state index in [4.69, 9.17) is 10.5 Å². The molecular formula is C18H18BrF3N2O. The number of ether oxygens (including phenoxy) is 1. The van der Waals surface area contributed by atoms with E-state index in [-0.39, 0.29) is 17.4 Å². The molecule has 0 spiro atoms. The number of benzene rings is 2. The fraction of sp³-hybridized carbons (Fsp3) is 0.278. The summed E-state index contributed by atoms with van der Waals surface area (Å²) >= 11 is 3.33. The van der Waals surface area contributed by atoms with Gasteiger partial charge in [0.2, 0.25) is 0 Å². The number of nitrogens with zero attached hydrogens (tertiary/aromatic N) is 1. The first-order valence-electron chi connectivity index (χ1n) is 7.53. The lowest BCUT2D eigenvalue weighted by molar-refractivity contribution is 0.146. The van der Waals surface area contributed by atoms with Crippen molar-refractivity contribution in [1.29, 1.82) is 0 Å². The van der Waals surface area contributed by atoms with E-state index in [0.29, 0.717) is 17.0 Å². The second-order valence-corrected chi connectivity index (χ2v) is 6.59. The van der Waals surface area contributed by atoms with E-state index in [1.54, 1.807) is 18.2 Å². The molecule has 3 nitrogen and oxygen atoms in total. The number of methoxy groups -OCH3 is 1. The monoisotopic (exact) mass is 414 g/mol. The average molecular weight is 415 g/mol. The predicted molar refractivity (Wildman–Crippen MR) is 97.2 cm³/mol. The second-order valence-electron chi connectivity index (χ2n) is 5.68. The minimum absolute atomic E-state index is 0.110. The molecule has 0 heterocycles. The van der Waals surface area contributed by atoms with E-state index in [1.165, 1.54) is 7.11 Å². The van der Waals surface area contributed by atoms with E-state index in [1.807, 2.05) is 13.8 Å². The largest absolute Gasteiger partial charge is 0.496 e. The van der Waals surface area contributed by atoms with Gasteiger partial charge in [-0.3, -0.25) is 4.99 Å². The van der Waals surface area contributed by atoms with Gasteiger partial charge in [0.25, 0.3) is 6.43 Å². The number of nitrogen functional groups attached to an aromatic ring is 1. The molecule has 7 heteroatoms. The molecule has 0 aliphatic heterocycles. The van der Waals surface area contributed by atoms with Crippen LogP contribution in [0.4, 0.5) is 18.9 Å². The number of rotatable bonds is 5. The molecule has 0 bridgehead atoms. The van der Waals surface area contributed by atoms with Gasteiger partial charge in [-0.15, -0.1) is 0 Å². The van der Waals surface area contributed by atoms with E-state index >= 15 is 0 Å². The molecule has 2 aromatic carbocycles. The molecule has 2 N–H and O–H groups in total. The maximum atomic E-state index is 14.2. The number of hydrogen-bond donors (Lipinski definition) is 1. The standard InChI is InChI=1S/C18H18BrF3N2O/c1-9(2)24-17(11-5-4-10(19)6-15(11)23)13-7-14(20)12(18(21)22)8-16(13)25-3/h4-9,18H,23H2,1-3H3. The molecule has 0 radical (unpaired) electrons. The van der Waals surface area contributed by atoms with Crippen LogP contribution in [0.3, 0.4) is 0 Å². The summed E-state index contributed by atoms with van der Waals surface area (Å²) < 4.78 is 46.1. The van der Waals surface area contributed by atoms with Gasteiger partial charge >= 0.3 is 0 Å². The highest BCUT2D eigenvalue weighted by atomic mass is 79.9. The average Bonchev–Trinajstić information content (AvgIpc) is 2.52. The zero-order valence-corrected chi connectivity index (χ0v) is 15.6. The molecule has 134 valence electrons. The van der Waals surface area contributed by atoms with Crippen molar-refractivity contribution in [1.82, 2.24) is 0 Å². The van der Waals surface area contributed by atoms with E-state index in [0.717, 1.165) is 16.6 Å². The zero-order chi connectivity index (χ0) is 18.7. The summed E-state index contributed by atoms with van der Waals surface area (Å²) in [7, 11) is 1.34. The lowest BCUT2D eigenvalue weighted by atomic mass is 9.97. The van der Waals surface area contributed by atoms with E-state index in [9.17, 15) is 13.2 Å². The van der Waals surface area contributed by atoms with Crippen LogP contribution in [-0.2, 0) is 0 Å². The summed E-state index contributed by atoms with van der Waals surface area (Å²) in [4.78, 5) is 4.52. The molecule has 0 aromatic heterocycles. The maximum Gasteiger partial charge on any atom is 0.266 e. The molecule has 2 rings (SSSR count). The maximum absolute atomic E-state index is 14.2. The fourth-order valence-electron chi connectivity index (χ4n) is 2.38. The molecular weight excluding hydrogens is 397 g/mol. The normalized spacial score (nSPS) is 12.1. The smallest absolute Gasteiger partial charge is 0.266 e. The molecule has 25 heavy (non-hydrogen) atoms. The molecule has 0 fully saturated rings. The fourth-order valence-corrected chi connectivity index (χ4v) is 2.76. The number of hydrogen-bond acceptors (Lipinski definition) is 3. The predicted octanol–water partition coefficient (Wildman–Crippen LogP) is 5.36. The lowest BCUT2D eigenvalue weighted by Crippen LogP contribution is -2.12. The van der Waals surface area contributed by atoms with Crippen LogP contribution in [-0.4, -0.2) is 18.9 Å². The third-order valence-electron chi connectivity index (χ3n) is 3.47. The minimum atomic E-state index is -2.94. The number of anilines is 1. The third-order valence-corrected chi connectivity index (χ3v) is 3.96. The molecule has 0 amide bonds. The number of halogens is 4. The molecule has 0 atom stereocenters. The van der Waals surface area contributed by atoms with Crippen molar-refractivity contribution < 1.29 is 17.9 Å². The highest BCUT2D eigenvalue weighted by Gasteiger charge is 2.22. The van der Waals surface area contributed by atoms with Crippen molar-refractivity contribution in [2.24, 2.45) is 4.99 Å². The number of aliphatic imine (C=N–C) groups is 1. The highest BCUT2D eigenvalue weighted by Crippen LogP contribution is 2.32. The Bertz CT molecular complexity index is 807. The SMILES string of the molecule is COc1cc(C(F)F)c(F)cc1C(=NC(C)C)c1ccc(Br)cc1N. The van der Waals surface area contributed by atoms with Crippen molar-refractivity contribution in [3.63, 3.8) is 0 Å². The van der Waals surface area contributed by atoms with Crippen LogP contribution in [0.15, 0.2) is 39.8 Å². The first-order chi connectivity index (χ1) is 11.7. The van der Waals surface area contributed by atoms with Crippen LogP contribution in [0.5, 0.6) is 5.75 Å². The quantitative estimate of drug-likeness (QED) is 0.528. The topological polar surface area (TPSA) is 47.6 Å². The highest BCUT2D eigenvalue weighted by molar-refractivity contribution is 9.10. The van der Waals surface area contributed by atoms with Crippen LogP contribution in [0, 0.1) is 5.82 Å². The Kier molecular flexibility index (Phi) is 6.11. The van der Waals surface area contributed by atoms with Crippen molar-refractivity contribution >= 4 is 27.3 Å². The zero-order valence-electron chi connectivity index (χ0n) is 14.0. The first-order valence-corrected chi connectivity index (χ1v) is 8.33. The van der Waals surface area contributed by atoms with Gasteiger partial charge in [-0.25, -0.2) is 13.2 Å². The second kappa shape index (κ2) is 7.91. The Hall–Kier alpha value is -2.02. The Morgan fingerprint density at radius 2 is 1.84 bits per heavy atom. The summed E-state index contributed by atoms with van der Waals surface area (Å²) in [5.74, 6) is -0.906. The van der Waals surface area contributed by atoms with Crippen molar-refractivity contribution in [3.05, 3.63) is 57.3 Å². The molecule has 0 saturated heterocycles. The van der Waals surface area contributed by atoms with Gasteiger partial charge in [0.15, 0.2) is 0 Å². The Balaban J connectivity index is 2.73. The van der Waals surface area contributed by atoms with Crippen LogP contribution in [0.2, 0.25) is 0 Å². The van der Waals surface area contributed by atoms with Crippen molar-refractivity contribution in [3.8, 4) is 5.75 Å². The first kappa shape index (κ1) is 19.3. The summed E-state index contributed by atoms with van der Waals surface area (Å²) in [6.45, 7) is 3.71. The number of alkyl halides is 2. The van der Waals surface area contributed by atoms with Crippen LogP contribution in [0.1, 0.15) is 37.0 Å². The molecule has 0 aliphatic rings. The summed E-state index contributed by atoms with van der Waals surface area (Å²) in [6, 6.07) is 7.10. The summed E-state index contributed by atoms with van der Waals surface area (Å²) in [6.07, 6.45) is -2.94. The molecule has 0 unspecified atom stereocenters. The minimum Gasteiger partial charge on any atom is -0.496 e.